The molecule has 2 aromatic heterocycles. The van der Waals surface area contributed by atoms with Crippen LogP contribution in [0.15, 0.2) is 41.5 Å². The molecule has 2 aliphatic heterocycles. The summed E-state index contributed by atoms with van der Waals surface area (Å²) >= 11 is 0. The van der Waals surface area contributed by atoms with Gasteiger partial charge in [-0.1, -0.05) is 19.3 Å². The van der Waals surface area contributed by atoms with Crippen molar-refractivity contribution < 1.29 is 14.6 Å². The molecule has 1 saturated heterocycles. The van der Waals surface area contributed by atoms with Crippen LogP contribution in [0.4, 0.5) is 0 Å². The normalized spacial score (nSPS) is 27.8. The number of aliphatic hydroxyl groups excluding tert-OH is 1. The van der Waals surface area contributed by atoms with Crippen molar-refractivity contribution in [3.05, 3.63) is 52.7 Å². The second kappa shape index (κ2) is 8.79. The summed E-state index contributed by atoms with van der Waals surface area (Å²) in [6, 6.07) is 7.09. The Morgan fingerprint density at radius 3 is 2.59 bits per heavy atom. The molecule has 32 heavy (non-hydrogen) atoms. The summed E-state index contributed by atoms with van der Waals surface area (Å²) in [7, 11) is 1.42. The minimum Gasteiger partial charge on any atom is -0.468 e. The number of hydrogen-bond donors (Lipinski definition) is 1. The Kier molecular flexibility index (Phi) is 5.86. The summed E-state index contributed by atoms with van der Waals surface area (Å²) in [6.07, 6.45) is 9.44. The Balaban J connectivity index is 1.55. The van der Waals surface area contributed by atoms with Crippen LogP contribution >= 0.6 is 0 Å². The number of rotatable bonds is 5. The van der Waals surface area contributed by atoms with Crippen molar-refractivity contribution in [1.82, 2.24) is 14.5 Å². The van der Waals surface area contributed by atoms with Crippen molar-refractivity contribution >= 4 is 5.97 Å². The number of aliphatic hydroxyl groups is 1. The van der Waals surface area contributed by atoms with E-state index in [-0.39, 0.29) is 36.0 Å². The number of pyridine rings is 2. The van der Waals surface area contributed by atoms with Gasteiger partial charge in [-0.05, 0) is 48.6 Å². The zero-order valence-electron chi connectivity index (χ0n) is 18.5. The molecule has 1 N–H and O–H groups in total. The zero-order valence-corrected chi connectivity index (χ0v) is 18.5. The van der Waals surface area contributed by atoms with E-state index in [2.05, 4.69) is 9.88 Å². The minimum absolute atomic E-state index is 0.00748. The van der Waals surface area contributed by atoms with Crippen molar-refractivity contribution in [2.45, 2.75) is 50.7 Å². The number of carbonyl (C=O) groups excluding carboxylic acids is 1. The number of methoxy groups -OCH3 is 1. The van der Waals surface area contributed by atoms with Crippen LogP contribution in [-0.4, -0.2) is 51.8 Å². The lowest BCUT2D eigenvalue weighted by Gasteiger charge is -2.34. The molecule has 0 spiro atoms. The van der Waals surface area contributed by atoms with Gasteiger partial charge in [0.15, 0.2) is 0 Å². The first-order valence-corrected chi connectivity index (χ1v) is 11.7. The number of aromatic nitrogens is 2. The summed E-state index contributed by atoms with van der Waals surface area (Å²) in [5, 5.41) is 10.3. The molecule has 3 aliphatic rings. The third-order valence-corrected chi connectivity index (χ3v) is 7.82. The Labute approximate surface area is 188 Å². The molecular weight excluding hydrogens is 406 g/mol. The van der Waals surface area contributed by atoms with Crippen LogP contribution in [0.5, 0.6) is 0 Å². The van der Waals surface area contributed by atoms with Gasteiger partial charge in [-0.3, -0.25) is 19.5 Å². The van der Waals surface area contributed by atoms with E-state index in [0.717, 1.165) is 17.8 Å². The molecule has 0 unspecified atom stereocenters. The van der Waals surface area contributed by atoms with E-state index >= 15 is 0 Å². The number of ether oxygens (including phenoxy) is 1. The molecule has 0 bridgehead atoms. The Morgan fingerprint density at radius 2 is 1.91 bits per heavy atom. The monoisotopic (exact) mass is 437 g/mol. The van der Waals surface area contributed by atoms with E-state index in [0.29, 0.717) is 18.0 Å². The molecular formula is C25H31N3O4. The molecule has 0 aromatic carbocycles. The third kappa shape index (κ3) is 3.48. The van der Waals surface area contributed by atoms with Crippen molar-refractivity contribution in [2.24, 2.45) is 17.8 Å². The van der Waals surface area contributed by atoms with E-state index in [1.807, 2.05) is 28.8 Å². The topological polar surface area (TPSA) is 84.7 Å². The fourth-order valence-corrected chi connectivity index (χ4v) is 6.32. The summed E-state index contributed by atoms with van der Waals surface area (Å²) < 4.78 is 7.03. The standard InChI is InChI=1S/C25H31N3O4/c1-32-25(31)23-20(15-29)19-14-27-21(22(19)28(23)13-16-5-3-2-4-6-16)8-7-18(24(27)30)17-9-11-26-12-10-17/h7-12,16,19-20,22-23,29H,2-6,13-15H2,1H3/t19-,20-,22+,23-/m0/s1. The highest BCUT2D eigenvalue weighted by Crippen LogP contribution is 2.50. The Hall–Kier alpha value is -2.51. The highest BCUT2D eigenvalue weighted by atomic mass is 16.5. The number of esters is 1. The van der Waals surface area contributed by atoms with Gasteiger partial charge in [0.2, 0.25) is 0 Å². The van der Waals surface area contributed by atoms with Gasteiger partial charge in [-0.25, -0.2) is 0 Å². The fraction of sp³-hybridized carbons (Fsp3) is 0.560. The number of fused-ring (bicyclic) bond motifs is 3. The average molecular weight is 438 g/mol. The van der Waals surface area contributed by atoms with Gasteiger partial charge in [0.05, 0.1) is 13.2 Å². The van der Waals surface area contributed by atoms with Gasteiger partial charge in [-0.15, -0.1) is 0 Å². The third-order valence-electron chi connectivity index (χ3n) is 7.82. The van der Waals surface area contributed by atoms with E-state index < -0.39 is 6.04 Å². The maximum Gasteiger partial charge on any atom is 0.323 e. The first-order valence-electron chi connectivity index (χ1n) is 11.7. The SMILES string of the molecule is COC(=O)[C@@H]1[C@@H](CO)[C@@H]2Cn3c(ccc(-c4ccncc4)c3=O)[C@@H]2N1CC1CCCCC1. The number of carbonyl (C=O) groups is 1. The lowest BCUT2D eigenvalue weighted by atomic mass is 9.88. The van der Waals surface area contributed by atoms with Crippen molar-refractivity contribution in [1.29, 1.82) is 0 Å². The molecule has 2 fully saturated rings. The molecule has 1 saturated carbocycles. The molecule has 4 atom stereocenters. The van der Waals surface area contributed by atoms with Crippen LogP contribution in [0.3, 0.4) is 0 Å². The van der Waals surface area contributed by atoms with E-state index in [1.54, 1.807) is 12.4 Å². The summed E-state index contributed by atoms with van der Waals surface area (Å²) in [5.41, 5.74) is 2.42. The van der Waals surface area contributed by atoms with Crippen molar-refractivity contribution in [3.8, 4) is 11.1 Å². The molecule has 5 rings (SSSR count). The first kappa shape index (κ1) is 21.3. The maximum atomic E-state index is 13.4. The van der Waals surface area contributed by atoms with Gasteiger partial charge < -0.3 is 14.4 Å². The quantitative estimate of drug-likeness (QED) is 0.724. The van der Waals surface area contributed by atoms with Crippen LogP contribution in [-0.2, 0) is 16.1 Å². The van der Waals surface area contributed by atoms with E-state index in [9.17, 15) is 14.7 Å². The Morgan fingerprint density at radius 1 is 1.16 bits per heavy atom. The second-order valence-electron chi connectivity index (χ2n) is 9.45. The molecule has 7 heteroatoms. The highest BCUT2D eigenvalue weighted by molar-refractivity contribution is 5.77. The van der Waals surface area contributed by atoms with Gasteiger partial charge >= 0.3 is 5.97 Å². The first-order chi connectivity index (χ1) is 15.6. The fourth-order valence-electron chi connectivity index (χ4n) is 6.32. The van der Waals surface area contributed by atoms with Crippen LogP contribution in [0, 0.1) is 17.8 Å². The Bertz CT molecular complexity index is 1030. The largest absolute Gasteiger partial charge is 0.468 e. The number of nitrogens with zero attached hydrogens (tertiary/aromatic N) is 3. The molecule has 0 radical (unpaired) electrons. The maximum absolute atomic E-state index is 13.4. The number of likely N-dealkylation sites (tertiary alicyclic amines) is 1. The van der Waals surface area contributed by atoms with Gasteiger partial charge in [0.1, 0.15) is 6.04 Å². The summed E-state index contributed by atoms with van der Waals surface area (Å²) in [5.74, 6) is 0.00946. The van der Waals surface area contributed by atoms with Crippen LogP contribution in [0.2, 0.25) is 0 Å². The van der Waals surface area contributed by atoms with Crippen LogP contribution in [0.1, 0.15) is 43.8 Å². The minimum atomic E-state index is -0.467. The zero-order chi connectivity index (χ0) is 22.2. The lowest BCUT2D eigenvalue weighted by molar-refractivity contribution is -0.148. The molecule has 4 heterocycles. The molecule has 2 aromatic rings. The molecule has 170 valence electrons. The molecule has 7 nitrogen and oxygen atoms in total. The van der Waals surface area contributed by atoms with Gasteiger partial charge in [-0.2, -0.15) is 0 Å². The van der Waals surface area contributed by atoms with Crippen LogP contribution < -0.4 is 5.56 Å². The second-order valence-corrected chi connectivity index (χ2v) is 9.45. The number of hydrogen-bond acceptors (Lipinski definition) is 6. The average Bonchev–Trinajstić information content (AvgIpc) is 3.35. The lowest BCUT2D eigenvalue weighted by Crippen LogP contribution is -2.45. The van der Waals surface area contributed by atoms with Crippen LogP contribution in [0.25, 0.3) is 11.1 Å². The molecule has 0 amide bonds. The van der Waals surface area contributed by atoms with E-state index in [4.69, 9.17) is 4.74 Å². The van der Waals surface area contributed by atoms with Gasteiger partial charge in [0, 0.05) is 55.2 Å². The van der Waals surface area contributed by atoms with Crippen molar-refractivity contribution in [3.63, 3.8) is 0 Å². The predicted octanol–water partition coefficient (Wildman–Crippen LogP) is 2.63. The summed E-state index contributed by atoms with van der Waals surface area (Å²) in [4.78, 5) is 32.6. The van der Waals surface area contributed by atoms with Crippen molar-refractivity contribution in [2.75, 3.05) is 20.3 Å². The van der Waals surface area contributed by atoms with Gasteiger partial charge in [0.25, 0.3) is 5.56 Å². The predicted molar refractivity (Wildman–Crippen MR) is 120 cm³/mol. The highest BCUT2D eigenvalue weighted by Gasteiger charge is 2.56. The summed E-state index contributed by atoms with van der Waals surface area (Å²) in [6.45, 7) is 1.22. The van der Waals surface area contributed by atoms with E-state index in [1.165, 1.54) is 39.2 Å². The smallest absolute Gasteiger partial charge is 0.323 e. The molecule has 1 aliphatic carbocycles.